The summed E-state index contributed by atoms with van der Waals surface area (Å²) in [6.45, 7) is -0.152. The molecule has 0 saturated carbocycles. The van der Waals surface area contributed by atoms with Crippen molar-refractivity contribution in [2.75, 3.05) is 41.0 Å². The molecule has 0 aromatic heterocycles. The lowest BCUT2D eigenvalue weighted by molar-refractivity contribution is -0.137. The fourth-order valence-electron chi connectivity index (χ4n) is 2.34. The van der Waals surface area contributed by atoms with Gasteiger partial charge in [0.15, 0.2) is 11.5 Å². The van der Waals surface area contributed by atoms with Crippen molar-refractivity contribution in [1.29, 1.82) is 0 Å². The number of carboxylic acids is 2. The standard InChI is InChI=1S/C16H24N2O7/c1-23-12-5-10(6-13(24-2)16(12)25-3)4-11(18-9-15(21)22)7-17-8-14(19)20/h5-6,11,17-18H,4,7-9H2,1-3H3,(H,19,20)(H,21,22). The number of carboxylic acid groups (broad SMARTS) is 2. The Morgan fingerprint density at radius 2 is 1.56 bits per heavy atom. The molecule has 1 rings (SSSR count). The number of benzene rings is 1. The first-order valence-corrected chi connectivity index (χ1v) is 7.57. The zero-order valence-electron chi connectivity index (χ0n) is 14.5. The van der Waals surface area contributed by atoms with Crippen molar-refractivity contribution in [2.24, 2.45) is 0 Å². The Bertz CT molecular complexity index is 567. The van der Waals surface area contributed by atoms with Gasteiger partial charge >= 0.3 is 11.9 Å². The highest BCUT2D eigenvalue weighted by molar-refractivity contribution is 5.69. The minimum absolute atomic E-state index is 0.208. The van der Waals surface area contributed by atoms with Crippen LogP contribution in [0.3, 0.4) is 0 Å². The second-order valence-corrected chi connectivity index (χ2v) is 5.23. The minimum atomic E-state index is -0.992. The Kier molecular flexibility index (Phi) is 8.51. The van der Waals surface area contributed by atoms with Gasteiger partial charge in [-0.15, -0.1) is 0 Å². The lowest BCUT2D eigenvalue weighted by Gasteiger charge is -2.20. The number of methoxy groups -OCH3 is 3. The Morgan fingerprint density at radius 1 is 1.00 bits per heavy atom. The van der Waals surface area contributed by atoms with E-state index in [0.29, 0.717) is 23.7 Å². The third-order valence-electron chi connectivity index (χ3n) is 3.42. The van der Waals surface area contributed by atoms with Crippen molar-refractivity contribution in [2.45, 2.75) is 12.5 Å². The van der Waals surface area contributed by atoms with E-state index < -0.39 is 11.9 Å². The smallest absolute Gasteiger partial charge is 0.317 e. The maximum atomic E-state index is 10.8. The predicted molar refractivity (Wildman–Crippen MR) is 89.7 cm³/mol. The van der Waals surface area contributed by atoms with Crippen molar-refractivity contribution >= 4 is 11.9 Å². The van der Waals surface area contributed by atoms with Gasteiger partial charge < -0.3 is 35.1 Å². The highest BCUT2D eigenvalue weighted by Crippen LogP contribution is 2.38. The number of hydrogen-bond acceptors (Lipinski definition) is 7. The monoisotopic (exact) mass is 356 g/mol. The lowest BCUT2D eigenvalue weighted by atomic mass is 10.0. The molecule has 1 aromatic rings. The first-order valence-electron chi connectivity index (χ1n) is 7.57. The van der Waals surface area contributed by atoms with Gasteiger partial charge in [0.2, 0.25) is 5.75 Å². The number of nitrogens with one attached hydrogen (secondary N) is 2. The van der Waals surface area contributed by atoms with Crippen LogP contribution in [0.25, 0.3) is 0 Å². The molecule has 1 aromatic carbocycles. The van der Waals surface area contributed by atoms with Crippen LogP contribution in [0.4, 0.5) is 0 Å². The molecule has 9 heteroatoms. The van der Waals surface area contributed by atoms with Gasteiger partial charge in [-0.25, -0.2) is 0 Å². The molecule has 140 valence electrons. The van der Waals surface area contributed by atoms with Crippen LogP contribution in [0.15, 0.2) is 12.1 Å². The molecule has 0 bridgehead atoms. The van der Waals surface area contributed by atoms with Crippen molar-refractivity contribution in [3.8, 4) is 17.2 Å². The normalized spacial score (nSPS) is 11.6. The maximum absolute atomic E-state index is 10.8. The van der Waals surface area contributed by atoms with E-state index in [9.17, 15) is 9.59 Å². The van der Waals surface area contributed by atoms with Crippen LogP contribution in [0.2, 0.25) is 0 Å². The quantitative estimate of drug-likeness (QED) is 0.408. The molecule has 0 amide bonds. The third-order valence-corrected chi connectivity index (χ3v) is 3.42. The van der Waals surface area contributed by atoms with Crippen LogP contribution in [0.5, 0.6) is 17.2 Å². The van der Waals surface area contributed by atoms with Crippen LogP contribution < -0.4 is 24.8 Å². The van der Waals surface area contributed by atoms with Gasteiger partial charge in [-0.1, -0.05) is 0 Å². The van der Waals surface area contributed by atoms with Gasteiger partial charge in [-0.3, -0.25) is 9.59 Å². The summed E-state index contributed by atoms with van der Waals surface area (Å²) in [6, 6.07) is 3.25. The molecule has 0 aliphatic carbocycles. The fraction of sp³-hybridized carbons (Fsp3) is 0.500. The molecule has 1 unspecified atom stereocenters. The molecule has 0 aliphatic rings. The van der Waals surface area contributed by atoms with Crippen molar-refractivity contribution in [1.82, 2.24) is 10.6 Å². The van der Waals surface area contributed by atoms with E-state index in [-0.39, 0.29) is 25.7 Å². The fourth-order valence-corrected chi connectivity index (χ4v) is 2.34. The Labute approximate surface area is 145 Å². The molecule has 0 saturated heterocycles. The summed E-state index contributed by atoms with van der Waals surface area (Å²) in [5.41, 5.74) is 0.828. The number of carbonyl (C=O) groups is 2. The van der Waals surface area contributed by atoms with E-state index in [1.165, 1.54) is 21.3 Å². The van der Waals surface area contributed by atoms with Crippen LogP contribution in [0, 0.1) is 0 Å². The maximum Gasteiger partial charge on any atom is 0.317 e. The van der Waals surface area contributed by atoms with E-state index in [4.69, 9.17) is 24.4 Å². The van der Waals surface area contributed by atoms with Crippen LogP contribution in [-0.4, -0.2) is 69.2 Å². The van der Waals surface area contributed by atoms with Gasteiger partial charge in [-0.2, -0.15) is 0 Å². The topological polar surface area (TPSA) is 126 Å². The Balaban J connectivity index is 2.92. The van der Waals surface area contributed by atoms with E-state index in [2.05, 4.69) is 10.6 Å². The molecule has 1 atom stereocenters. The van der Waals surface area contributed by atoms with Crippen LogP contribution >= 0.6 is 0 Å². The number of hydrogen-bond donors (Lipinski definition) is 4. The Morgan fingerprint density at radius 3 is 2.00 bits per heavy atom. The SMILES string of the molecule is COc1cc(CC(CNCC(=O)O)NCC(=O)O)cc(OC)c1OC. The summed E-state index contributed by atoms with van der Waals surface area (Å²) in [4.78, 5) is 21.4. The molecular formula is C16H24N2O7. The molecule has 25 heavy (non-hydrogen) atoms. The highest BCUT2D eigenvalue weighted by Gasteiger charge is 2.17. The van der Waals surface area contributed by atoms with Gasteiger partial charge in [0.25, 0.3) is 0 Å². The van der Waals surface area contributed by atoms with Gasteiger partial charge in [0, 0.05) is 12.6 Å². The van der Waals surface area contributed by atoms with Crippen molar-refractivity contribution in [3.63, 3.8) is 0 Å². The van der Waals surface area contributed by atoms with Crippen LogP contribution in [-0.2, 0) is 16.0 Å². The second-order valence-electron chi connectivity index (χ2n) is 5.23. The van der Waals surface area contributed by atoms with Crippen LogP contribution in [0.1, 0.15) is 5.56 Å². The number of ether oxygens (including phenoxy) is 3. The first kappa shape index (κ1) is 20.5. The molecule has 0 heterocycles. The summed E-state index contributed by atoms with van der Waals surface area (Å²) < 4.78 is 15.9. The molecule has 0 fully saturated rings. The number of rotatable bonds is 12. The van der Waals surface area contributed by atoms with Gasteiger partial charge in [0.05, 0.1) is 34.4 Å². The molecule has 0 aliphatic heterocycles. The predicted octanol–water partition coefficient (Wildman–Crippen LogP) is -0.0281. The average Bonchev–Trinajstić information content (AvgIpc) is 2.58. The lowest BCUT2D eigenvalue weighted by Crippen LogP contribution is -2.43. The largest absolute Gasteiger partial charge is 0.493 e. The first-order chi connectivity index (χ1) is 11.9. The summed E-state index contributed by atoms with van der Waals surface area (Å²) in [7, 11) is 4.53. The second kappa shape index (κ2) is 10.4. The average molecular weight is 356 g/mol. The number of aliphatic carboxylic acids is 2. The molecule has 9 nitrogen and oxygen atoms in total. The molecule has 0 spiro atoms. The summed E-state index contributed by atoms with van der Waals surface area (Å²) >= 11 is 0. The molecular weight excluding hydrogens is 332 g/mol. The third kappa shape index (κ3) is 6.86. The molecule has 4 N–H and O–H groups in total. The minimum Gasteiger partial charge on any atom is -0.493 e. The van der Waals surface area contributed by atoms with E-state index in [1.54, 1.807) is 12.1 Å². The van der Waals surface area contributed by atoms with Crippen molar-refractivity contribution in [3.05, 3.63) is 17.7 Å². The van der Waals surface area contributed by atoms with E-state index in [0.717, 1.165) is 5.56 Å². The van der Waals surface area contributed by atoms with E-state index >= 15 is 0 Å². The zero-order valence-corrected chi connectivity index (χ0v) is 14.5. The molecule has 0 radical (unpaired) electrons. The van der Waals surface area contributed by atoms with Crippen molar-refractivity contribution < 1.29 is 34.0 Å². The Hall–Kier alpha value is -2.52. The highest BCUT2D eigenvalue weighted by atomic mass is 16.5. The van der Waals surface area contributed by atoms with Gasteiger partial charge in [-0.05, 0) is 24.1 Å². The van der Waals surface area contributed by atoms with Gasteiger partial charge in [0.1, 0.15) is 0 Å². The summed E-state index contributed by atoms with van der Waals surface area (Å²) in [5.74, 6) is -0.523. The summed E-state index contributed by atoms with van der Waals surface area (Å²) in [5, 5.41) is 23.2. The summed E-state index contributed by atoms with van der Waals surface area (Å²) in [6.07, 6.45) is 0.441. The zero-order chi connectivity index (χ0) is 18.8. The van der Waals surface area contributed by atoms with E-state index in [1.807, 2.05) is 0 Å².